The average Bonchev–Trinajstić information content (AvgIpc) is 3.60. The van der Waals surface area contributed by atoms with E-state index in [0.29, 0.717) is 17.2 Å². The molecule has 0 amide bonds. The minimum absolute atomic E-state index is 0.0768. The number of para-hydroxylation sites is 1. The first kappa shape index (κ1) is 31.2. The quantitative estimate of drug-likeness (QED) is 0.194. The van der Waals surface area contributed by atoms with Crippen molar-refractivity contribution in [1.29, 1.82) is 0 Å². The zero-order chi connectivity index (χ0) is 36.3. The molecular weight excluding hydrogens is 675 g/mol. The van der Waals surface area contributed by atoms with Crippen LogP contribution in [-0.2, 0) is 0 Å². The third-order valence-electron chi connectivity index (χ3n) is 10.6. The van der Waals surface area contributed by atoms with Gasteiger partial charge in [0.05, 0.1) is 17.3 Å². The number of ether oxygens (including phenoxy) is 2. The lowest BCUT2D eigenvalue weighted by Gasteiger charge is -2.25. The summed E-state index contributed by atoms with van der Waals surface area (Å²) in [5.74, 6) is 3.70. The number of aliphatic imine (C=N–C) groups is 1. The van der Waals surface area contributed by atoms with Crippen LogP contribution >= 0.6 is 0 Å². The molecule has 2 aliphatic rings. The highest BCUT2D eigenvalue weighted by Gasteiger charge is 2.26. The molecule has 1 unspecified atom stereocenters. The van der Waals surface area contributed by atoms with Gasteiger partial charge < -0.3 is 19.4 Å². The Balaban J connectivity index is 1.01. The summed E-state index contributed by atoms with van der Waals surface area (Å²) in [6.07, 6.45) is 2.22. The molecule has 0 aliphatic carbocycles. The molecule has 5 heteroatoms. The van der Waals surface area contributed by atoms with E-state index < -0.39 is 0 Å². The number of nitrogens with one attached hydrogen (secondary N) is 1. The van der Waals surface area contributed by atoms with Gasteiger partial charge in [-0.2, -0.15) is 0 Å². The van der Waals surface area contributed by atoms with Crippen LogP contribution in [0.1, 0.15) is 22.7 Å². The topological polar surface area (TPSA) is 47.8 Å². The molecule has 2 aliphatic heterocycles. The van der Waals surface area contributed by atoms with Gasteiger partial charge in [-0.05, 0) is 87.6 Å². The number of hydrogen-bond donors (Lipinski definition) is 1. The Bertz CT molecular complexity index is 3020. The number of rotatable bonds is 5. The summed E-state index contributed by atoms with van der Waals surface area (Å²) in [4.78, 5) is 5.07. The minimum Gasteiger partial charge on any atom is -0.449 e. The molecule has 3 heterocycles. The number of aromatic nitrogens is 1. The molecular formula is C50H33N3O2. The van der Waals surface area contributed by atoms with Crippen molar-refractivity contribution in [3.8, 4) is 39.8 Å². The van der Waals surface area contributed by atoms with Gasteiger partial charge in [-0.15, -0.1) is 0 Å². The van der Waals surface area contributed by atoms with Gasteiger partial charge in [-0.3, -0.25) is 0 Å². The fraction of sp³-hybridized carbons (Fsp3) is 0.0200. The first-order chi connectivity index (χ1) is 27.2. The second-order valence-electron chi connectivity index (χ2n) is 14.0. The summed E-state index contributed by atoms with van der Waals surface area (Å²) in [5, 5.41) is 8.21. The van der Waals surface area contributed by atoms with Crippen LogP contribution in [0.3, 0.4) is 0 Å². The van der Waals surface area contributed by atoms with E-state index in [-0.39, 0.29) is 6.04 Å². The van der Waals surface area contributed by atoms with E-state index >= 15 is 0 Å². The molecule has 1 atom stereocenters. The van der Waals surface area contributed by atoms with Gasteiger partial charge in [-0.25, -0.2) is 4.99 Å². The Hall–Kier alpha value is -7.37. The van der Waals surface area contributed by atoms with Crippen LogP contribution in [0.15, 0.2) is 193 Å². The SMILES string of the molecule is C1=C(c2ccccc2)N=C(c2ccccc2)NC1c1cccc(-c2cccc(-n3c4ccccc4c4ccc5c(c43)Oc3cc4ccccc4cc3O5)c2)c1. The maximum Gasteiger partial charge on any atom is 0.194 e. The average molecular weight is 708 g/mol. The highest BCUT2D eigenvalue weighted by Crippen LogP contribution is 2.52. The highest BCUT2D eigenvalue weighted by molar-refractivity contribution is 6.12. The van der Waals surface area contributed by atoms with Crippen molar-refractivity contribution >= 4 is 44.1 Å². The normalized spacial score (nSPS) is 14.7. The Morgan fingerprint density at radius 2 is 1.15 bits per heavy atom. The predicted octanol–water partition coefficient (Wildman–Crippen LogP) is 12.6. The summed E-state index contributed by atoms with van der Waals surface area (Å²) >= 11 is 0. The number of amidine groups is 1. The van der Waals surface area contributed by atoms with Gasteiger partial charge in [0.1, 0.15) is 11.4 Å². The van der Waals surface area contributed by atoms with Crippen LogP contribution < -0.4 is 14.8 Å². The summed E-state index contributed by atoms with van der Waals surface area (Å²) in [6, 6.07) is 63.4. The Labute approximate surface area is 318 Å². The number of hydrogen-bond acceptors (Lipinski definition) is 4. The number of fused-ring (bicyclic) bond motifs is 7. The van der Waals surface area contributed by atoms with E-state index in [4.69, 9.17) is 14.5 Å². The molecule has 0 saturated carbocycles. The van der Waals surface area contributed by atoms with Gasteiger partial charge >= 0.3 is 0 Å². The standard InChI is InChI=1S/C50H33N3O2/c1-3-13-32(14-4-1)42-31-43(52-50(51-42)33-15-5-2-6-16-33)38-21-11-19-34(27-38)35-20-12-22-39(28-35)53-44-24-10-9-23-40(44)41-25-26-45-49(48(41)53)55-47-30-37-18-8-7-17-36(37)29-46(47)54-45/h1-31,43H,(H,51,52). The van der Waals surface area contributed by atoms with E-state index in [1.165, 1.54) is 0 Å². The van der Waals surface area contributed by atoms with Crippen LogP contribution in [0.2, 0.25) is 0 Å². The van der Waals surface area contributed by atoms with Crippen LogP contribution in [0, 0.1) is 0 Å². The van der Waals surface area contributed by atoms with Crippen LogP contribution in [0.25, 0.3) is 55.1 Å². The molecule has 0 saturated heterocycles. The van der Waals surface area contributed by atoms with Gasteiger partial charge in [0.15, 0.2) is 23.0 Å². The monoisotopic (exact) mass is 707 g/mol. The second kappa shape index (κ2) is 12.6. The second-order valence-corrected chi connectivity index (χ2v) is 14.0. The summed E-state index contributed by atoms with van der Waals surface area (Å²) < 4.78 is 15.7. The fourth-order valence-corrected chi connectivity index (χ4v) is 8.01. The van der Waals surface area contributed by atoms with Crippen LogP contribution in [-0.4, -0.2) is 10.4 Å². The van der Waals surface area contributed by atoms with Crippen molar-refractivity contribution < 1.29 is 9.47 Å². The molecule has 11 rings (SSSR count). The summed E-state index contributed by atoms with van der Waals surface area (Å²) in [7, 11) is 0. The Morgan fingerprint density at radius 3 is 1.95 bits per heavy atom. The lowest BCUT2D eigenvalue weighted by atomic mass is 9.96. The molecule has 260 valence electrons. The summed E-state index contributed by atoms with van der Waals surface area (Å²) in [5.41, 5.74) is 9.60. The molecule has 0 radical (unpaired) electrons. The van der Waals surface area contributed by atoms with Crippen molar-refractivity contribution in [2.24, 2.45) is 4.99 Å². The van der Waals surface area contributed by atoms with E-state index in [0.717, 1.165) is 83.4 Å². The molecule has 0 fully saturated rings. The molecule has 1 aromatic heterocycles. The number of nitrogens with zero attached hydrogens (tertiary/aromatic N) is 2. The van der Waals surface area contributed by atoms with Crippen molar-refractivity contribution in [2.45, 2.75) is 6.04 Å². The van der Waals surface area contributed by atoms with Gasteiger partial charge in [0.2, 0.25) is 0 Å². The number of benzene rings is 8. The van der Waals surface area contributed by atoms with Gasteiger partial charge in [0.25, 0.3) is 0 Å². The minimum atomic E-state index is -0.0768. The molecule has 9 aromatic rings. The third-order valence-corrected chi connectivity index (χ3v) is 10.6. The van der Waals surface area contributed by atoms with E-state index in [1.54, 1.807) is 0 Å². The van der Waals surface area contributed by atoms with Crippen molar-refractivity contribution in [2.75, 3.05) is 0 Å². The lowest BCUT2D eigenvalue weighted by molar-refractivity contribution is 0.363. The first-order valence-electron chi connectivity index (χ1n) is 18.6. The zero-order valence-corrected chi connectivity index (χ0v) is 29.7. The van der Waals surface area contributed by atoms with E-state index in [2.05, 4.69) is 168 Å². The predicted molar refractivity (Wildman–Crippen MR) is 224 cm³/mol. The van der Waals surface area contributed by atoms with Gasteiger partial charge in [0, 0.05) is 22.0 Å². The Morgan fingerprint density at radius 1 is 0.491 bits per heavy atom. The van der Waals surface area contributed by atoms with Gasteiger partial charge in [-0.1, -0.05) is 133 Å². The molecule has 0 spiro atoms. The fourth-order valence-electron chi connectivity index (χ4n) is 8.01. The Kier molecular flexibility index (Phi) is 7.17. The van der Waals surface area contributed by atoms with Crippen molar-refractivity contribution in [3.63, 3.8) is 0 Å². The van der Waals surface area contributed by atoms with Crippen molar-refractivity contribution in [3.05, 3.63) is 205 Å². The van der Waals surface area contributed by atoms with Crippen LogP contribution in [0.5, 0.6) is 23.0 Å². The van der Waals surface area contributed by atoms with Crippen LogP contribution in [0.4, 0.5) is 0 Å². The highest BCUT2D eigenvalue weighted by atomic mass is 16.6. The maximum atomic E-state index is 6.80. The molecule has 1 N–H and O–H groups in total. The van der Waals surface area contributed by atoms with Crippen molar-refractivity contribution in [1.82, 2.24) is 9.88 Å². The smallest absolute Gasteiger partial charge is 0.194 e. The summed E-state index contributed by atoms with van der Waals surface area (Å²) in [6.45, 7) is 0. The largest absolute Gasteiger partial charge is 0.449 e. The lowest BCUT2D eigenvalue weighted by Crippen LogP contribution is -2.31. The molecule has 8 aromatic carbocycles. The molecule has 55 heavy (non-hydrogen) atoms. The zero-order valence-electron chi connectivity index (χ0n) is 29.7. The first-order valence-corrected chi connectivity index (χ1v) is 18.6. The van der Waals surface area contributed by atoms with E-state index in [1.807, 2.05) is 30.3 Å². The molecule has 0 bridgehead atoms. The third kappa shape index (κ3) is 5.36. The molecule has 5 nitrogen and oxygen atoms in total. The maximum absolute atomic E-state index is 6.80. The van der Waals surface area contributed by atoms with E-state index in [9.17, 15) is 0 Å².